The number of nitrogens with two attached hydrogens (primary N) is 1. The van der Waals surface area contributed by atoms with E-state index in [-0.39, 0.29) is 11.3 Å². The normalized spacial score (nSPS) is 18.2. The van der Waals surface area contributed by atoms with Crippen LogP contribution in [0, 0.1) is 0 Å². The fourth-order valence-electron chi connectivity index (χ4n) is 3.01. The Morgan fingerprint density at radius 3 is 2.24 bits per heavy atom. The van der Waals surface area contributed by atoms with Crippen LogP contribution in [-0.2, 0) is 6.54 Å². The molecule has 1 aromatic rings. The van der Waals surface area contributed by atoms with E-state index in [9.17, 15) is 13.2 Å². The molecule has 0 aliphatic heterocycles. The largest absolute Gasteiger partial charge is 0.573 e. The van der Waals surface area contributed by atoms with Crippen LogP contribution in [0.1, 0.15) is 31.2 Å². The lowest BCUT2D eigenvalue weighted by molar-refractivity contribution is -0.274. The molecule has 0 spiro atoms. The molecule has 1 saturated carbocycles. The summed E-state index contributed by atoms with van der Waals surface area (Å²) < 4.78 is 40.2. The zero-order valence-electron chi connectivity index (χ0n) is 12.1. The first-order chi connectivity index (χ1) is 9.85. The quantitative estimate of drug-likeness (QED) is 0.907. The highest BCUT2D eigenvalue weighted by Gasteiger charge is 2.36. The second-order valence-corrected chi connectivity index (χ2v) is 5.68. The van der Waals surface area contributed by atoms with Crippen molar-refractivity contribution in [2.24, 2.45) is 5.73 Å². The lowest BCUT2D eigenvalue weighted by Crippen LogP contribution is -2.49. The SMILES string of the molecule is CN(Cc1ccc(OC(F)(F)F)cc1)C1(CN)CCCC1. The zero-order valence-corrected chi connectivity index (χ0v) is 12.1. The van der Waals surface area contributed by atoms with Gasteiger partial charge in [0.2, 0.25) is 0 Å². The molecule has 0 saturated heterocycles. The molecule has 0 radical (unpaired) electrons. The van der Waals surface area contributed by atoms with E-state index < -0.39 is 6.36 Å². The molecule has 21 heavy (non-hydrogen) atoms. The van der Waals surface area contributed by atoms with Gasteiger partial charge < -0.3 is 10.5 Å². The summed E-state index contributed by atoms with van der Waals surface area (Å²) in [5, 5.41) is 0. The molecule has 1 aliphatic carbocycles. The number of hydrogen-bond acceptors (Lipinski definition) is 3. The highest BCUT2D eigenvalue weighted by Crippen LogP contribution is 2.34. The molecule has 1 fully saturated rings. The van der Waals surface area contributed by atoms with Gasteiger partial charge in [0.05, 0.1) is 0 Å². The van der Waals surface area contributed by atoms with Crippen LogP contribution in [0.3, 0.4) is 0 Å². The van der Waals surface area contributed by atoms with Crippen LogP contribution in [0.25, 0.3) is 0 Å². The third-order valence-corrected chi connectivity index (χ3v) is 4.30. The summed E-state index contributed by atoms with van der Waals surface area (Å²) in [6.45, 7) is 1.28. The minimum atomic E-state index is -4.65. The maximum atomic E-state index is 12.1. The molecule has 2 N–H and O–H groups in total. The smallest absolute Gasteiger partial charge is 0.406 e. The summed E-state index contributed by atoms with van der Waals surface area (Å²) in [5.74, 6) is -0.191. The van der Waals surface area contributed by atoms with Gasteiger partial charge in [-0.15, -0.1) is 13.2 Å². The van der Waals surface area contributed by atoms with Gasteiger partial charge in [0, 0.05) is 18.6 Å². The fraction of sp³-hybridized carbons (Fsp3) is 0.600. The van der Waals surface area contributed by atoms with Gasteiger partial charge in [-0.2, -0.15) is 0 Å². The first kappa shape index (κ1) is 16.1. The van der Waals surface area contributed by atoms with Crippen molar-refractivity contribution < 1.29 is 17.9 Å². The number of hydrogen-bond donors (Lipinski definition) is 1. The van der Waals surface area contributed by atoms with Gasteiger partial charge in [0.15, 0.2) is 0 Å². The molecule has 118 valence electrons. The molecule has 1 aromatic carbocycles. The summed E-state index contributed by atoms with van der Waals surface area (Å²) in [6, 6.07) is 6.02. The Kier molecular flexibility index (Phi) is 4.78. The summed E-state index contributed by atoms with van der Waals surface area (Å²) in [4.78, 5) is 2.22. The van der Waals surface area contributed by atoms with Gasteiger partial charge in [-0.25, -0.2) is 0 Å². The van der Waals surface area contributed by atoms with Crippen LogP contribution in [0.2, 0.25) is 0 Å². The molecule has 3 nitrogen and oxygen atoms in total. The van der Waals surface area contributed by atoms with E-state index in [1.54, 1.807) is 12.1 Å². The number of alkyl halides is 3. The van der Waals surface area contributed by atoms with Gasteiger partial charge in [0.25, 0.3) is 0 Å². The van der Waals surface area contributed by atoms with Crippen molar-refractivity contribution in [3.63, 3.8) is 0 Å². The van der Waals surface area contributed by atoms with Gasteiger partial charge in [-0.3, -0.25) is 4.90 Å². The Labute approximate surface area is 122 Å². The maximum absolute atomic E-state index is 12.1. The Morgan fingerprint density at radius 1 is 1.19 bits per heavy atom. The maximum Gasteiger partial charge on any atom is 0.573 e. The zero-order chi connectivity index (χ0) is 15.5. The summed E-state index contributed by atoms with van der Waals surface area (Å²) in [5.41, 5.74) is 6.91. The van der Waals surface area contributed by atoms with Crippen molar-refractivity contribution >= 4 is 0 Å². The van der Waals surface area contributed by atoms with Crippen LogP contribution in [0.15, 0.2) is 24.3 Å². The third kappa shape index (κ3) is 4.11. The van der Waals surface area contributed by atoms with Crippen molar-refractivity contribution in [3.8, 4) is 5.75 Å². The minimum absolute atomic E-state index is 0.0289. The van der Waals surface area contributed by atoms with Crippen molar-refractivity contribution in [3.05, 3.63) is 29.8 Å². The number of likely N-dealkylation sites (N-methyl/N-ethyl adjacent to an activating group) is 1. The molecule has 0 amide bonds. The van der Waals surface area contributed by atoms with Gasteiger partial charge >= 0.3 is 6.36 Å². The van der Waals surface area contributed by atoms with Crippen molar-refractivity contribution in [2.45, 2.75) is 44.1 Å². The van der Waals surface area contributed by atoms with E-state index in [0.717, 1.165) is 18.4 Å². The summed E-state index contributed by atoms with van der Waals surface area (Å²) in [7, 11) is 2.03. The van der Waals surface area contributed by atoms with Gasteiger partial charge in [-0.1, -0.05) is 25.0 Å². The highest BCUT2D eigenvalue weighted by atomic mass is 19.4. The van der Waals surface area contributed by atoms with E-state index in [0.29, 0.717) is 13.1 Å². The molecular weight excluding hydrogens is 281 g/mol. The van der Waals surface area contributed by atoms with E-state index in [1.807, 2.05) is 7.05 Å². The molecular formula is C15H21F3N2O. The van der Waals surface area contributed by atoms with E-state index in [1.165, 1.54) is 25.0 Å². The van der Waals surface area contributed by atoms with E-state index in [2.05, 4.69) is 9.64 Å². The van der Waals surface area contributed by atoms with Crippen LogP contribution < -0.4 is 10.5 Å². The lowest BCUT2D eigenvalue weighted by atomic mass is 9.95. The van der Waals surface area contributed by atoms with Crippen molar-refractivity contribution in [2.75, 3.05) is 13.6 Å². The van der Waals surface area contributed by atoms with Gasteiger partial charge in [-0.05, 0) is 37.6 Å². The standard InChI is InChI=1S/C15H21F3N2O/c1-20(14(11-19)8-2-3-9-14)10-12-4-6-13(7-5-12)21-15(16,17)18/h4-7H,2-3,8-11,19H2,1H3. The van der Waals surface area contributed by atoms with Crippen LogP contribution >= 0.6 is 0 Å². The molecule has 0 unspecified atom stereocenters. The topological polar surface area (TPSA) is 38.5 Å². The number of nitrogens with zero attached hydrogens (tertiary/aromatic N) is 1. The minimum Gasteiger partial charge on any atom is -0.406 e. The molecule has 0 atom stereocenters. The first-order valence-electron chi connectivity index (χ1n) is 7.11. The predicted octanol–water partition coefficient (Wildman–Crippen LogP) is 3.29. The van der Waals surface area contributed by atoms with Crippen LogP contribution in [0.4, 0.5) is 13.2 Å². The van der Waals surface area contributed by atoms with Crippen LogP contribution in [0.5, 0.6) is 5.75 Å². The number of rotatable bonds is 5. The second kappa shape index (κ2) is 6.23. The van der Waals surface area contributed by atoms with Crippen LogP contribution in [-0.4, -0.2) is 30.4 Å². The van der Waals surface area contributed by atoms with Crippen molar-refractivity contribution in [1.82, 2.24) is 4.90 Å². The molecule has 2 rings (SSSR count). The Balaban J connectivity index is 1.99. The second-order valence-electron chi connectivity index (χ2n) is 5.68. The Hall–Kier alpha value is -1.27. The Morgan fingerprint density at radius 2 is 1.76 bits per heavy atom. The number of ether oxygens (including phenoxy) is 1. The number of halogens is 3. The Bertz CT molecular complexity index is 453. The molecule has 0 aromatic heterocycles. The van der Waals surface area contributed by atoms with E-state index >= 15 is 0 Å². The monoisotopic (exact) mass is 302 g/mol. The lowest BCUT2D eigenvalue weighted by Gasteiger charge is -2.38. The molecule has 1 aliphatic rings. The number of benzene rings is 1. The average molecular weight is 302 g/mol. The average Bonchev–Trinajstić information content (AvgIpc) is 2.89. The van der Waals surface area contributed by atoms with Gasteiger partial charge in [0.1, 0.15) is 5.75 Å². The fourth-order valence-corrected chi connectivity index (χ4v) is 3.01. The first-order valence-corrected chi connectivity index (χ1v) is 7.11. The predicted molar refractivity (Wildman–Crippen MR) is 74.8 cm³/mol. The summed E-state index contributed by atoms with van der Waals surface area (Å²) in [6.07, 6.45) is -0.129. The molecule has 6 heteroatoms. The molecule has 0 heterocycles. The molecule has 0 bridgehead atoms. The highest BCUT2D eigenvalue weighted by molar-refractivity contribution is 5.27. The van der Waals surface area contributed by atoms with E-state index in [4.69, 9.17) is 5.73 Å². The van der Waals surface area contributed by atoms with Crippen molar-refractivity contribution in [1.29, 1.82) is 0 Å². The summed E-state index contributed by atoms with van der Waals surface area (Å²) >= 11 is 0. The third-order valence-electron chi connectivity index (χ3n) is 4.30.